The number of aliphatic hydroxyl groups is 2. The SMILES string of the molecule is CCc1ncnc2c1ccn2[C@@H]1C[C@H](COc2ccc3ccc(NCC4CC4)nc3c2)[C@@H](O)[C@H]1O. The van der Waals surface area contributed by atoms with E-state index < -0.39 is 12.2 Å². The molecule has 182 valence electrons. The number of fused-ring (bicyclic) bond motifs is 2. The molecule has 0 aliphatic heterocycles. The average Bonchev–Trinajstić information content (AvgIpc) is 3.56. The molecule has 3 N–H and O–H groups in total. The van der Waals surface area contributed by atoms with Crippen molar-refractivity contribution >= 4 is 27.8 Å². The fourth-order valence-corrected chi connectivity index (χ4v) is 5.17. The molecule has 8 nitrogen and oxygen atoms in total. The standard InChI is InChI=1S/C27H31N5O3/c1-2-21-20-9-10-32(27(20)30-15-29-21)23-11-18(25(33)26(23)34)14-35-19-7-5-17-6-8-24(31-22(17)12-19)28-13-16-3-4-16/h5-10,12,15-16,18,23,25-26,33-34H,2-4,11,13-14H2,1H3,(H,28,31)/t18-,23-,25-,26+/m1/s1. The van der Waals surface area contributed by atoms with Gasteiger partial charge < -0.3 is 24.8 Å². The molecule has 0 bridgehead atoms. The number of hydrogen-bond acceptors (Lipinski definition) is 7. The molecule has 2 fully saturated rings. The number of aromatic nitrogens is 4. The first-order valence-electron chi connectivity index (χ1n) is 12.5. The maximum Gasteiger partial charge on any atom is 0.143 e. The molecular weight excluding hydrogens is 442 g/mol. The summed E-state index contributed by atoms with van der Waals surface area (Å²) in [6.45, 7) is 3.35. The van der Waals surface area contributed by atoms with Crippen LogP contribution in [0.5, 0.6) is 5.75 Å². The third-order valence-electron chi connectivity index (χ3n) is 7.45. The van der Waals surface area contributed by atoms with Crippen LogP contribution in [-0.4, -0.2) is 55.1 Å². The van der Waals surface area contributed by atoms with E-state index >= 15 is 0 Å². The number of aliphatic hydroxyl groups excluding tert-OH is 2. The Morgan fingerprint density at radius 3 is 2.77 bits per heavy atom. The second-order valence-electron chi connectivity index (χ2n) is 9.86. The van der Waals surface area contributed by atoms with Crippen molar-refractivity contribution in [1.29, 1.82) is 0 Å². The van der Waals surface area contributed by atoms with E-state index in [2.05, 4.69) is 28.3 Å². The highest BCUT2D eigenvalue weighted by atomic mass is 16.5. The van der Waals surface area contributed by atoms with Gasteiger partial charge in [-0.05, 0) is 61.9 Å². The van der Waals surface area contributed by atoms with Crippen molar-refractivity contribution in [3.8, 4) is 5.75 Å². The van der Waals surface area contributed by atoms with Crippen LogP contribution in [0.2, 0.25) is 0 Å². The predicted molar refractivity (Wildman–Crippen MR) is 135 cm³/mol. The Balaban J connectivity index is 1.15. The van der Waals surface area contributed by atoms with Crippen LogP contribution in [0.1, 0.15) is 37.9 Å². The van der Waals surface area contributed by atoms with Crippen molar-refractivity contribution in [2.45, 2.75) is 50.9 Å². The maximum atomic E-state index is 10.9. The van der Waals surface area contributed by atoms with Gasteiger partial charge in [-0.3, -0.25) is 0 Å². The lowest BCUT2D eigenvalue weighted by atomic mass is 10.1. The van der Waals surface area contributed by atoms with Gasteiger partial charge in [0.2, 0.25) is 0 Å². The molecule has 0 spiro atoms. The molecule has 0 radical (unpaired) electrons. The summed E-state index contributed by atoms with van der Waals surface area (Å²) in [4.78, 5) is 13.5. The van der Waals surface area contributed by atoms with Gasteiger partial charge in [0.1, 0.15) is 29.6 Å². The van der Waals surface area contributed by atoms with Crippen molar-refractivity contribution in [3.63, 3.8) is 0 Å². The van der Waals surface area contributed by atoms with Gasteiger partial charge >= 0.3 is 0 Å². The molecule has 0 unspecified atom stereocenters. The summed E-state index contributed by atoms with van der Waals surface area (Å²) in [6.07, 6.45) is 5.75. The van der Waals surface area contributed by atoms with Crippen LogP contribution >= 0.6 is 0 Å². The van der Waals surface area contributed by atoms with Gasteiger partial charge in [0.15, 0.2) is 0 Å². The van der Waals surface area contributed by atoms with E-state index in [1.54, 1.807) is 6.33 Å². The van der Waals surface area contributed by atoms with E-state index in [-0.39, 0.29) is 12.0 Å². The molecule has 0 saturated heterocycles. The molecule has 2 aliphatic rings. The van der Waals surface area contributed by atoms with Crippen molar-refractivity contribution in [3.05, 3.63) is 54.6 Å². The van der Waals surface area contributed by atoms with Gasteiger partial charge in [-0.15, -0.1) is 0 Å². The number of anilines is 1. The van der Waals surface area contributed by atoms with Crippen molar-refractivity contribution in [2.75, 3.05) is 18.5 Å². The molecule has 8 heteroatoms. The quantitative estimate of drug-likeness (QED) is 0.358. The lowest BCUT2D eigenvalue weighted by Gasteiger charge is -2.19. The number of pyridine rings is 1. The van der Waals surface area contributed by atoms with Gasteiger partial charge in [-0.25, -0.2) is 15.0 Å². The summed E-state index contributed by atoms with van der Waals surface area (Å²) in [5.74, 6) is 2.17. The summed E-state index contributed by atoms with van der Waals surface area (Å²) < 4.78 is 8.06. The van der Waals surface area contributed by atoms with Crippen LogP contribution in [0.25, 0.3) is 21.9 Å². The Kier molecular flexibility index (Phi) is 5.78. The summed E-state index contributed by atoms with van der Waals surface area (Å²) in [7, 11) is 0. The van der Waals surface area contributed by atoms with Gasteiger partial charge in [-0.1, -0.05) is 6.92 Å². The molecular formula is C27H31N5O3. The first kappa shape index (κ1) is 22.2. The van der Waals surface area contributed by atoms with E-state index in [4.69, 9.17) is 9.72 Å². The fourth-order valence-electron chi connectivity index (χ4n) is 5.17. The normalized spacial score (nSPS) is 24.3. The number of aryl methyl sites for hydroxylation is 1. The zero-order chi connectivity index (χ0) is 23.9. The van der Waals surface area contributed by atoms with Crippen LogP contribution in [0.4, 0.5) is 5.82 Å². The van der Waals surface area contributed by atoms with Gasteiger partial charge in [0, 0.05) is 35.5 Å². The molecule has 2 aliphatic carbocycles. The second-order valence-corrected chi connectivity index (χ2v) is 9.86. The molecule has 4 aromatic rings. The lowest BCUT2D eigenvalue weighted by Crippen LogP contribution is -2.31. The molecule has 3 heterocycles. The Bertz CT molecular complexity index is 1350. The smallest absolute Gasteiger partial charge is 0.143 e. The minimum absolute atomic E-state index is 0.199. The molecule has 1 aromatic carbocycles. The van der Waals surface area contributed by atoms with Gasteiger partial charge in [0.25, 0.3) is 0 Å². The monoisotopic (exact) mass is 473 g/mol. The van der Waals surface area contributed by atoms with E-state index in [1.807, 2.05) is 41.1 Å². The van der Waals surface area contributed by atoms with Crippen LogP contribution in [-0.2, 0) is 6.42 Å². The highest BCUT2D eigenvalue weighted by Crippen LogP contribution is 2.38. The number of nitrogens with zero attached hydrogens (tertiary/aromatic N) is 4. The van der Waals surface area contributed by atoms with E-state index in [1.165, 1.54) is 12.8 Å². The number of ether oxygens (including phenoxy) is 1. The zero-order valence-electron chi connectivity index (χ0n) is 19.8. The summed E-state index contributed by atoms with van der Waals surface area (Å²) in [5.41, 5.74) is 2.65. The van der Waals surface area contributed by atoms with Crippen LogP contribution in [0.3, 0.4) is 0 Å². The lowest BCUT2D eigenvalue weighted by molar-refractivity contribution is -0.00141. The molecule has 2 saturated carbocycles. The number of rotatable bonds is 8. The van der Waals surface area contributed by atoms with E-state index in [9.17, 15) is 10.2 Å². The summed E-state index contributed by atoms with van der Waals surface area (Å²) >= 11 is 0. The largest absolute Gasteiger partial charge is 0.493 e. The Morgan fingerprint density at radius 2 is 1.94 bits per heavy atom. The maximum absolute atomic E-state index is 10.9. The molecule has 0 amide bonds. The topological polar surface area (TPSA) is 105 Å². The van der Waals surface area contributed by atoms with Crippen molar-refractivity contribution in [2.24, 2.45) is 11.8 Å². The highest BCUT2D eigenvalue weighted by molar-refractivity contribution is 5.81. The van der Waals surface area contributed by atoms with Gasteiger partial charge in [0.05, 0.1) is 30.0 Å². The van der Waals surface area contributed by atoms with Crippen LogP contribution in [0.15, 0.2) is 48.9 Å². The van der Waals surface area contributed by atoms with Crippen molar-refractivity contribution in [1.82, 2.24) is 19.5 Å². The number of nitrogens with one attached hydrogen (secondary N) is 1. The fraction of sp³-hybridized carbons (Fsp3) is 0.444. The molecule has 35 heavy (non-hydrogen) atoms. The zero-order valence-corrected chi connectivity index (χ0v) is 19.8. The van der Waals surface area contributed by atoms with Gasteiger partial charge in [-0.2, -0.15) is 0 Å². The van der Waals surface area contributed by atoms with E-state index in [0.717, 1.165) is 52.3 Å². The Labute approximate surface area is 204 Å². The summed E-state index contributed by atoms with van der Waals surface area (Å²) in [5, 5.41) is 27.1. The predicted octanol–water partition coefficient (Wildman–Crippen LogP) is 3.73. The molecule has 3 aromatic heterocycles. The highest BCUT2D eigenvalue weighted by Gasteiger charge is 2.43. The number of benzene rings is 1. The Morgan fingerprint density at radius 1 is 1.09 bits per heavy atom. The summed E-state index contributed by atoms with van der Waals surface area (Å²) in [6, 6.07) is 11.7. The second kappa shape index (κ2) is 9.09. The molecule has 6 rings (SSSR count). The van der Waals surface area contributed by atoms with Crippen LogP contribution < -0.4 is 10.1 Å². The third-order valence-corrected chi connectivity index (χ3v) is 7.45. The minimum Gasteiger partial charge on any atom is -0.493 e. The third kappa shape index (κ3) is 4.32. The van der Waals surface area contributed by atoms with Crippen LogP contribution in [0, 0.1) is 11.8 Å². The Hall–Kier alpha value is -3.23. The van der Waals surface area contributed by atoms with Crippen molar-refractivity contribution < 1.29 is 14.9 Å². The first-order valence-corrected chi connectivity index (χ1v) is 12.5. The minimum atomic E-state index is -0.891. The van der Waals surface area contributed by atoms with E-state index in [0.29, 0.717) is 18.8 Å². The average molecular weight is 474 g/mol. The molecule has 4 atom stereocenters. The first-order chi connectivity index (χ1) is 17.1. The number of hydrogen-bond donors (Lipinski definition) is 3.